The van der Waals surface area contributed by atoms with Gasteiger partial charge >= 0.3 is 0 Å². The highest BCUT2D eigenvalue weighted by Crippen LogP contribution is 2.28. The molecule has 0 spiro atoms. The van der Waals surface area contributed by atoms with Crippen molar-refractivity contribution in [2.24, 2.45) is 0 Å². The summed E-state index contributed by atoms with van der Waals surface area (Å²) in [6.45, 7) is 0. The van der Waals surface area contributed by atoms with E-state index in [9.17, 15) is 0 Å². The Hall–Kier alpha value is -2.76. The van der Waals surface area contributed by atoms with Gasteiger partial charge in [0, 0.05) is 12.1 Å². The fourth-order valence-electron chi connectivity index (χ4n) is 1.25. The lowest BCUT2D eigenvalue weighted by Gasteiger charge is -2.00. The minimum Gasteiger partial charge on any atom is -0.504 e. The van der Waals surface area contributed by atoms with Gasteiger partial charge < -0.3 is 29.9 Å². The van der Waals surface area contributed by atoms with E-state index in [1.165, 1.54) is 38.5 Å². The maximum atomic E-state index is 8.90. The van der Waals surface area contributed by atoms with Gasteiger partial charge in [0.05, 0.1) is 14.2 Å². The first-order valence-corrected chi connectivity index (χ1v) is 5.56. The van der Waals surface area contributed by atoms with E-state index in [4.69, 9.17) is 22.5 Å². The molecular weight excluding hydrogens is 264 g/mol. The van der Waals surface area contributed by atoms with Crippen LogP contribution >= 0.6 is 0 Å². The van der Waals surface area contributed by atoms with Crippen molar-refractivity contribution in [1.82, 2.24) is 0 Å². The van der Waals surface area contributed by atoms with Crippen LogP contribution < -0.4 is 9.47 Å². The lowest BCUT2D eigenvalue weighted by Crippen LogP contribution is -1.80. The van der Waals surface area contributed by atoms with E-state index in [1.54, 1.807) is 12.1 Å². The highest BCUT2D eigenvalue weighted by Gasteiger charge is 1.99. The summed E-state index contributed by atoms with van der Waals surface area (Å²) in [5.41, 5.74) is 0. The molecule has 0 fully saturated rings. The van der Waals surface area contributed by atoms with Gasteiger partial charge in [0.1, 0.15) is 11.5 Å². The van der Waals surface area contributed by atoms with Crippen molar-refractivity contribution in [2.45, 2.75) is 0 Å². The SMILES string of the molecule is COc1ccc(O)c(O)c1.[2H]Oc1ccc(OC)cc1O[2H]. The largest absolute Gasteiger partial charge is 0.504 e. The quantitative estimate of drug-likeness (QED) is 0.642. The van der Waals surface area contributed by atoms with Crippen molar-refractivity contribution < 1.29 is 29.9 Å². The van der Waals surface area contributed by atoms with Crippen molar-refractivity contribution >= 4 is 0 Å². The second-order valence-electron chi connectivity index (χ2n) is 3.67. The first-order chi connectivity index (χ1) is 10.5. The second-order valence-corrected chi connectivity index (χ2v) is 3.67. The molecule has 0 unspecified atom stereocenters. The summed E-state index contributed by atoms with van der Waals surface area (Å²) in [7, 11) is 3.00. The summed E-state index contributed by atoms with van der Waals surface area (Å²) < 4.78 is 22.9. The molecule has 0 aliphatic carbocycles. The number of phenols is 4. The predicted octanol–water partition coefficient (Wildman–Crippen LogP) is 2.21. The number of benzene rings is 2. The van der Waals surface area contributed by atoms with Crippen LogP contribution in [-0.2, 0) is 0 Å². The molecule has 0 radical (unpaired) electrons. The maximum Gasteiger partial charge on any atom is 0.293 e. The minimum absolute atomic E-state index is 0.138. The van der Waals surface area contributed by atoms with E-state index in [0.29, 0.717) is 11.5 Å². The van der Waals surface area contributed by atoms with Crippen LogP contribution in [0.5, 0.6) is 34.5 Å². The van der Waals surface area contributed by atoms with Gasteiger partial charge in [0.15, 0.2) is 23.0 Å². The van der Waals surface area contributed by atoms with E-state index in [0.717, 1.165) is 0 Å². The summed E-state index contributed by atoms with van der Waals surface area (Å²) in [5, 5.41) is 26.1. The third-order valence-corrected chi connectivity index (χ3v) is 2.33. The summed E-state index contributed by atoms with van der Waals surface area (Å²) in [5.74, 6) is 1.11. The molecule has 0 aromatic heterocycles. The molecule has 20 heavy (non-hydrogen) atoms. The van der Waals surface area contributed by atoms with Crippen LogP contribution in [0.3, 0.4) is 0 Å². The van der Waals surface area contributed by atoms with Crippen molar-refractivity contribution in [3.05, 3.63) is 36.4 Å². The third-order valence-electron chi connectivity index (χ3n) is 2.33. The Bertz CT molecular complexity index is 606. The lowest BCUT2D eigenvalue weighted by molar-refractivity contribution is 0.386. The number of aromatic hydroxyl groups is 4. The molecule has 0 amide bonds. The third kappa shape index (κ3) is 4.16. The van der Waals surface area contributed by atoms with Gasteiger partial charge in [-0.3, -0.25) is 0 Å². The number of methoxy groups -OCH3 is 2. The molecule has 0 saturated heterocycles. The highest BCUT2D eigenvalue weighted by atomic mass is 16.5. The van der Waals surface area contributed by atoms with E-state index in [2.05, 4.69) is 10.2 Å². The number of hydrogen-bond acceptors (Lipinski definition) is 6. The Balaban J connectivity index is 0.000000224. The van der Waals surface area contributed by atoms with Crippen LogP contribution in [0.4, 0.5) is 0 Å². The molecule has 6 nitrogen and oxygen atoms in total. The Morgan fingerprint density at radius 2 is 1.25 bits per heavy atom. The molecule has 2 rings (SSSR count). The van der Waals surface area contributed by atoms with E-state index >= 15 is 0 Å². The Morgan fingerprint density at radius 1 is 0.750 bits per heavy atom. The number of hydrogen-bond donors (Lipinski definition) is 4. The molecule has 0 saturated carbocycles. The second kappa shape index (κ2) is 6.98. The topological polar surface area (TPSA) is 99.4 Å². The molecule has 2 aromatic rings. The molecule has 0 bridgehead atoms. The maximum absolute atomic E-state index is 8.90. The van der Waals surface area contributed by atoms with E-state index in [1.807, 2.05) is 0 Å². The summed E-state index contributed by atoms with van der Waals surface area (Å²) in [6, 6.07) is 8.86. The molecular formula is C14H16O6. The average Bonchev–Trinajstić information content (AvgIpc) is 2.57. The van der Waals surface area contributed by atoms with Crippen molar-refractivity contribution in [3.63, 3.8) is 0 Å². The van der Waals surface area contributed by atoms with Gasteiger partial charge in [-0.1, -0.05) is 0 Å². The monoisotopic (exact) mass is 282 g/mol. The van der Waals surface area contributed by atoms with Crippen LogP contribution in [0, 0.1) is 0 Å². The molecule has 0 heterocycles. The molecule has 0 aliphatic rings. The standard InChI is InChI=1S/2C7H8O3/c2*1-10-5-2-3-6(8)7(9)4-5/h2*2-4,8-9H,1H3/i/hD2. The first kappa shape index (κ1) is 12.3. The van der Waals surface area contributed by atoms with Crippen LogP contribution in [0.15, 0.2) is 36.4 Å². The van der Waals surface area contributed by atoms with E-state index in [-0.39, 0.29) is 23.0 Å². The summed E-state index contributed by atoms with van der Waals surface area (Å²) in [4.78, 5) is 0. The van der Waals surface area contributed by atoms with Crippen LogP contribution in [0.1, 0.15) is 0 Å². The molecule has 0 aliphatic heterocycles. The van der Waals surface area contributed by atoms with E-state index < -0.39 is 0 Å². The van der Waals surface area contributed by atoms with Gasteiger partial charge in [0.2, 0.25) is 0 Å². The molecule has 6 heteroatoms. The Kier molecular flexibility index (Phi) is 4.29. The predicted molar refractivity (Wildman–Crippen MR) is 72.6 cm³/mol. The minimum atomic E-state index is -0.167. The zero-order valence-electron chi connectivity index (χ0n) is 13.0. The molecule has 108 valence electrons. The normalized spacial score (nSPS) is 10.3. The fourth-order valence-corrected chi connectivity index (χ4v) is 1.25. The molecule has 4 N–H and O–H groups in total. The van der Waals surface area contributed by atoms with Crippen LogP contribution in [-0.4, -0.2) is 37.5 Å². The van der Waals surface area contributed by atoms with Crippen molar-refractivity contribution in [1.29, 1.82) is 2.86 Å². The van der Waals surface area contributed by atoms with Gasteiger partial charge in [-0.2, -0.15) is 0 Å². The van der Waals surface area contributed by atoms with Crippen LogP contribution in [0.25, 0.3) is 0 Å². The van der Waals surface area contributed by atoms with Gasteiger partial charge in [-0.05, 0) is 24.3 Å². The van der Waals surface area contributed by atoms with Crippen molar-refractivity contribution in [2.75, 3.05) is 14.2 Å². The Morgan fingerprint density at radius 3 is 1.70 bits per heavy atom. The number of phenolic OH excluding ortho intramolecular Hbond substituents is 4. The summed E-state index contributed by atoms with van der Waals surface area (Å²) >= 11 is 0. The van der Waals surface area contributed by atoms with Gasteiger partial charge in [-0.25, -0.2) is 0 Å². The number of rotatable bonds is 4. The average molecular weight is 282 g/mol. The smallest absolute Gasteiger partial charge is 0.293 e. The zero-order valence-corrected chi connectivity index (χ0v) is 11.0. The first-order valence-electron chi connectivity index (χ1n) is 6.37. The van der Waals surface area contributed by atoms with Crippen LogP contribution in [0.2, 0.25) is 0 Å². The van der Waals surface area contributed by atoms with Gasteiger partial charge in [-0.15, -0.1) is 0 Å². The Labute approximate surface area is 119 Å². The molecule has 2 aromatic carbocycles. The van der Waals surface area contributed by atoms with Crippen molar-refractivity contribution in [3.8, 4) is 34.5 Å². The number of ether oxygens (including phenoxy) is 2. The lowest BCUT2D eigenvalue weighted by atomic mass is 10.3. The molecule has 0 atom stereocenters. The highest BCUT2D eigenvalue weighted by molar-refractivity contribution is 5.43. The summed E-state index contributed by atoms with van der Waals surface area (Å²) in [6.07, 6.45) is 0. The fraction of sp³-hybridized carbons (Fsp3) is 0.143. The zero-order chi connectivity index (χ0) is 16.5. The van der Waals surface area contributed by atoms with Gasteiger partial charge in [0.25, 0.3) is 2.86 Å².